The van der Waals surface area contributed by atoms with E-state index in [0.29, 0.717) is 16.7 Å². The molecule has 4 fully saturated rings. The molecule has 4 saturated carbocycles. The van der Waals surface area contributed by atoms with E-state index in [-0.39, 0.29) is 11.9 Å². The number of hydrogen-bond acceptors (Lipinski definition) is 2. The maximum atomic E-state index is 12.2. The van der Waals surface area contributed by atoms with Crippen LogP contribution in [-0.2, 0) is 9.53 Å². The standard InChI is InChI=1S/C23H38O2/c1-15(21(24)25-4)18-10-11-19-17-9-8-16-7-5-6-13-22(16,2)20(17)12-14-23(18,19)3/h15-20H,5-14H2,1-4H3/t15-,16-,17-,18+,19-,20-,22-,23+/m0/s1. The van der Waals surface area contributed by atoms with Crippen LogP contribution in [0.15, 0.2) is 0 Å². The molecular weight excluding hydrogens is 308 g/mol. The minimum absolute atomic E-state index is 0.0111. The molecule has 0 amide bonds. The van der Waals surface area contributed by atoms with Crippen molar-refractivity contribution in [3.05, 3.63) is 0 Å². The molecule has 4 rings (SSSR count). The summed E-state index contributed by atoms with van der Waals surface area (Å²) < 4.78 is 5.10. The van der Waals surface area contributed by atoms with Gasteiger partial charge in [0, 0.05) is 0 Å². The van der Waals surface area contributed by atoms with Crippen LogP contribution >= 0.6 is 0 Å². The Morgan fingerprint density at radius 1 is 0.920 bits per heavy atom. The molecule has 4 aliphatic carbocycles. The Balaban J connectivity index is 1.58. The van der Waals surface area contributed by atoms with Crippen LogP contribution in [-0.4, -0.2) is 13.1 Å². The zero-order chi connectivity index (χ0) is 17.8. The van der Waals surface area contributed by atoms with Gasteiger partial charge in [-0.05, 0) is 91.8 Å². The van der Waals surface area contributed by atoms with Crippen molar-refractivity contribution in [3.63, 3.8) is 0 Å². The Bertz CT molecular complexity index is 528. The molecule has 142 valence electrons. The van der Waals surface area contributed by atoms with E-state index in [9.17, 15) is 4.79 Å². The Labute approximate surface area is 154 Å². The van der Waals surface area contributed by atoms with Crippen LogP contribution in [0, 0.1) is 46.3 Å². The number of esters is 1. The SMILES string of the molecule is COC(=O)[C@@H](C)[C@H]1CC[C@H]2[C@@H]3CC[C@@H]4CCCC[C@]4(C)[C@H]3CC[C@]12C. The van der Waals surface area contributed by atoms with Crippen LogP contribution in [0.25, 0.3) is 0 Å². The molecule has 0 unspecified atom stereocenters. The van der Waals surface area contributed by atoms with E-state index in [1.165, 1.54) is 64.2 Å². The van der Waals surface area contributed by atoms with E-state index < -0.39 is 0 Å². The lowest BCUT2D eigenvalue weighted by Gasteiger charge is -2.60. The highest BCUT2D eigenvalue weighted by molar-refractivity contribution is 5.72. The molecule has 0 N–H and O–H groups in total. The van der Waals surface area contributed by atoms with Gasteiger partial charge in [0.05, 0.1) is 13.0 Å². The topological polar surface area (TPSA) is 26.3 Å². The van der Waals surface area contributed by atoms with Gasteiger partial charge in [0.25, 0.3) is 0 Å². The van der Waals surface area contributed by atoms with Crippen LogP contribution in [0.4, 0.5) is 0 Å². The number of fused-ring (bicyclic) bond motifs is 5. The van der Waals surface area contributed by atoms with Crippen molar-refractivity contribution in [2.24, 2.45) is 46.3 Å². The second-order valence-electron chi connectivity index (χ2n) is 10.4. The second kappa shape index (κ2) is 6.27. The Kier molecular flexibility index (Phi) is 4.48. The third-order valence-electron chi connectivity index (χ3n) is 9.83. The highest BCUT2D eigenvalue weighted by atomic mass is 16.5. The molecule has 0 bridgehead atoms. The van der Waals surface area contributed by atoms with Gasteiger partial charge in [-0.25, -0.2) is 0 Å². The van der Waals surface area contributed by atoms with Gasteiger partial charge in [-0.1, -0.05) is 33.6 Å². The van der Waals surface area contributed by atoms with Crippen molar-refractivity contribution < 1.29 is 9.53 Å². The minimum Gasteiger partial charge on any atom is -0.469 e. The fourth-order valence-corrected chi connectivity index (χ4v) is 8.51. The molecule has 0 saturated heterocycles. The van der Waals surface area contributed by atoms with E-state index in [1.54, 1.807) is 7.11 Å². The lowest BCUT2D eigenvalue weighted by atomic mass is 9.44. The normalized spacial score (nSPS) is 50.3. The van der Waals surface area contributed by atoms with Crippen molar-refractivity contribution in [1.82, 2.24) is 0 Å². The third-order valence-corrected chi connectivity index (χ3v) is 9.83. The van der Waals surface area contributed by atoms with Gasteiger partial charge in [-0.3, -0.25) is 4.79 Å². The molecule has 2 heteroatoms. The first-order valence-electron chi connectivity index (χ1n) is 11.0. The summed E-state index contributed by atoms with van der Waals surface area (Å²) in [7, 11) is 1.55. The largest absolute Gasteiger partial charge is 0.469 e. The van der Waals surface area contributed by atoms with Crippen LogP contribution < -0.4 is 0 Å². The van der Waals surface area contributed by atoms with Gasteiger partial charge in [-0.2, -0.15) is 0 Å². The quantitative estimate of drug-likeness (QED) is 0.587. The fraction of sp³-hybridized carbons (Fsp3) is 0.957. The van der Waals surface area contributed by atoms with Crippen molar-refractivity contribution >= 4 is 5.97 Å². The van der Waals surface area contributed by atoms with Crippen LogP contribution in [0.1, 0.15) is 85.0 Å². The van der Waals surface area contributed by atoms with Gasteiger partial charge in [0.1, 0.15) is 0 Å². The van der Waals surface area contributed by atoms with Gasteiger partial charge in [-0.15, -0.1) is 0 Å². The highest BCUT2D eigenvalue weighted by Gasteiger charge is 2.60. The summed E-state index contributed by atoms with van der Waals surface area (Å²) in [4.78, 5) is 12.2. The molecule has 4 aliphatic rings. The lowest BCUT2D eigenvalue weighted by molar-refractivity contribution is -0.151. The number of ether oxygens (including phenoxy) is 1. The van der Waals surface area contributed by atoms with E-state index >= 15 is 0 Å². The van der Waals surface area contributed by atoms with Gasteiger partial charge in [0.2, 0.25) is 0 Å². The predicted molar refractivity (Wildman–Crippen MR) is 101 cm³/mol. The molecule has 0 aromatic heterocycles. The Morgan fingerprint density at radius 3 is 2.44 bits per heavy atom. The van der Waals surface area contributed by atoms with Crippen LogP contribution in [0.3, 0.4) is 0 Å². The number of hydrogen-bond donors (Lipinski definition) is 0. The molecule has 0 aliphatic heterocycles. The number of carbonyl (C=O) groups excluding carboxylic acids is 1. The van der Waals surface area contributed by atoms with Crippen LogP contribution in [0.2, 0.25) is 0 Å². The summed E-state index contributed by atoms with van der Waals surface area (Å²) in [6.45, 7) is 7.30. The summed E-state index contributed by atoms with van der Waals surface area (Å²) in [5, 5.41) is 0. The fourth-order valence-electron chi connectivity index (χ4n) is 8.51. The number of methoxy groups -OCH3 is 1. The number of rotatable bonds is 2. The number of carbonyl (C=O) groups is 1. The summed E-state index contributed by atoms with van der Waals surface area (Å²) in [6, 6.07) is 0. The van der Waals surface area contributed by atoms with Gasteiger partial charge < -0.3 is 4.74 Å². The first-order chi connectivity index (χ1) is 11.9. The zero-order valence-corrected chi connectivity index (χ0v) is 16.9. The van der Waals surface area contributed by atoms with Gasteiger partial charge >= 0.3 is 5.97 Å². The minimum atomic E-state index is 0.0111. The summed E-state index contributed by atoms with van der Waals surface area (Å²) in [5.74, 6) is 4.34. The predicted octanol–water partition coefficient (Wildman–Crippen LogP) is 5.84. The summed E-state index contributed by atoms with van der Waals surface area (Å²) >= 11 is 0. The molecule has 0 aromatic carbocycles. The Morgan fingerprint density at radius 2 is 1.68 bits per heavy atom. The second-order valence-corrected chi connectivity index (χ2v) is 10.4. The van der Waals surface area contributed by atoms with Crippen molar-refractivity contribution in [2.75, 3.05) is 7.11 Å². The van der Waals surface area contributed by atoms with Gasteiger partial charge in [0.15, 0.2) is 0 Å². The van der Waals surface area contributed by atoms with Crippen molar-refractivity contribution in [2.45, 2.75) is 85.0 Å². The van der Waals surface area contributed by atoms with E-state index in [4.69, 9.17) is 4.74 Å². The first kappa shape index (κ1) is 17.9. The average Bonchev–Trinajstić information content (AvgIpc) is 2.97. The van der Waals surface area contributed by atoms with E-state index in [0.717, 1.165) is 23.7 Å². The molecule has 8 atom stereocenters. The molecule has 0 spiro atoms. The molecule has 25 heavy (non-hydrogen) atoms. The summed E-state index contributed by atoms with van der Waals surface area (Å²) in [5.41, 5.74) is 0.987. The molecule has 0 heterocycles. The molecule has 0 radical (unpaired) electrons. The first-order valence-corrected chi connectivity index (χ1v) is 11.0. The Hall–Kier alpha value is -0.530. The van der Waals surface area contributed by atoms with E-state index in [2.05, 4.69) is 20.8 Å². The third kappa shape index (κ3) is 2.52. The maximum absolute atomic E-state index is 12.2. The average molecular weight is 347 g/mol. The monoisotopic (exact) mass is 346 g/mol. The van der Waals surface area contributed by atoms with E-state index in [1.807, 2.05) is 0 Å². The highest BCUT2D eigenvalue weighted by Crippen LogP contribution is 2.68. The summed E-state index contributed by atoms with van der Waals surface area (Å²) in [6.07, 6.45) is 14.2. The molecular formula is C23H38O2. The van der Waals surface area contributed by atoms with Crippen LogP contribution in [0.5, 0.6) is 0 Å². The smallest absolute Gasteiger partial charge is 0.308 e. The van der Waals surface area contributed by atoms with Crippen molar-refractivity contribution in [1.29, 1.82) is 0 Å². The van der Waals surface area contributed by atoms with Crippen molar-refractivity contribution in [3.8, 4) is 0 Å². The maximum Gasteiger partial charge on any atom is 0.308 e. The molecule has 2 nitrogen and oxygen atoms in total. The molecule has 0 aromatic rings. The zero-order valence-electron chi connectivity index (χ0n) is 16.9. The lowest BCUT2D eigenvalue weighted by Crippen LogP contribution is -2.53.